The van der Waals surface area contributed by atoms with E-state index in [2.05, 4.69) is 17.5 Å². The van der Waals surface area contributed by atoms with Crippen molar-refractivity contribution in [1.29, 1.82) is 0 Å². The van der Waals surface area contributed by atoms with Crippen LogP contribution in [-0.4, -0.2) is 17.6 Å². The molecule has 1 aromatic carbocycles. The molecule has 3 rings (SSSR count). The molecule has 3 heteroatoms. The normalized spacial score (nSPS) is 27.9. The first-order chi connectivity index (χ1) is 9.22. The predicted octanol–water partition coefficient (Wildman–Crippen LogP) is 2.69. The maximum atomic E-state index is 10.8. The lowest BCUT2D eigenvalue weighted by Crippen LogP contribution is -2.25. The number of nitrogens with one attached hydrogen (secondary N) is 1. The summed E-state index contributed by atoms with van der Waals surface area (Å²) in [5.41, 5.74) is 1.49. The Balaban J connectivity index is 1.47. The Morgan fingerprint density at radius 1 is 1.21 bits per heavy atom. The largest absolute Gasteiger partial charge is 0.478 e. The molecule has 2 aliphatic carbocycles. The van der Waals surface area contributed by atoms with E-state index < -0.39 is 5.97 Å². The monoisotopic (exact) mass is 257 g/mol. The molecule has 2 bridgehead atoms. The fourth-order valence-corrected chi connectivity index (χ4v) is 3.30. The van der Waals surface area contributed by atoms with E-state index in [0.29, 0.717) is 5.56 Å². The molecular weight excluding hydrogens is 238 g/mol. The Bertz CT molecular complexity index is 492. The van der Waals surface area contributed by atoms with Crippen LogP contribution in [0.4, 0.5) is 0 Å². The summed E-state index contributed by atoms with van der Waals surface area (Å²) < 4.78 is 0. The molecule has 19 heavy (non-hydrogen) atoms. The lowest BCUT2D eigenvalue weighted by molar-refractivity contribution is 0.0697. The number of carboxylic acid groups (broad SMARTS) is 1. The number of rotatable bonds is 5. The number of benzene rings is 1. The fourth-order valence-electron chi connectivity index (χ4n) is 3.30. The molecule has 2 aliphatic rings. The van der Waals surface area contributed by atoms with Gasteiger partial charge in [0.2, 0.25) is 0 Å². The first-order valence-corrected chi connectivity index (χ1v) is 6.93. The number of fused-ring (bicyclic) bond motifs is 2. The van der Waals surface area contributed by atoms with Crippen molar-refractivity contribution in [3.63, 3.8) is 0 Å². The molecule has 1 aromatic rings. The lowest BCUT2D eigenvalue weighted by atomic mass is 9.93. The van der Waals surface area contributed by atoms with Crippen molar-refractivity contribution < 1.29 is 9.90 Å². The van der Waals surface area contributed by atoms with Gasteiger partial charge in [0.05, 0.1) is 5.56 Å². The average Bonchev–Trinajstić information content (AvgIpc) is 3.02. The van der Waals surface area contributed by atoms with Gasteiger partial charge in [-0.1, -0.05) is 24.3 Å². The van der Waals surface area contributed by atoms with Gasteiger partial charge < -0.3 is 10.4 Å². The molecule has 1 fully saturated rings. The van der Waals surface area contributed by atoms with Crippen LogP contribution in [0.2, 0.25) is 0 Å². The van der Waals surface area contributed by atoms with E-state index in [1.165, 1.54) is 12.8 Å². The molecule has 0 aromatic heterocycles. The van der Waals surface area contributed by atoms with Crippen molar-refractivity contribution in [1.82, 2.24) is 5.32 Å². The second-order valence-electron chi connectivity index (χ2n) is 5.67. The molecule has 0 spiro atoms. The van der Waals surface area contributed by atoms with Gasteiger partial charge in [0.25, 0.3) is 0 Å². The van der Waals surface area contributed by atoms with Crippen LogP contribution in [0.1, 0.15) is 28.8 Å². The van der Waals surface area contributed by atoms with Crippen molar-refractivity contribution in [3.05, 3.63) is 47.5 Å². The quantitative estimate of drug-likeness (QED) is 0.797. The minimum absolute atomic E-state index is 0.349. The third-order valence-corrected chi connectivity index (χ3v) is 4.35. The van der Waals surface area contributed by atoms with E-state index >= 15 is 0 Å². The third-order valence-electron chi connectivity index (χ3n) is 4.35. The molecular formula is C16H19NO2. The Hall–Kier alpha value is -1.61. The van der Waals surface area contributed by atoms with Crippen LogP contribution in [0.5, 0.6) is 0 Å². The number of allylic oxidation sites excluding steroid dienone is 2. The summed E-state index contributed by atoms with van der Waals surface area (Å²) in [6.07, 6.45) is 7.42. The summed E-state index contributed by atoms with van der Waals surface area (Å²) >= 11 is 0. The molecule has 1 saturated carbocycles. The molecule has 0 radical (unpaired) electrons. The Morgan fingerprint density at radius 2 is 2.00 bits per heavy atom. The SMILES string of the molecule is O=C(O)c1ccc(CNC[C@@H]2C[C@H]3C=C[C@@H]2C3)cc1. The summed E-state index contributed by atoms with van der Waals surface area (Å²) in [5.74, 6) is 1.53. The van der Waals surface area contributed by atoms with Gasteiger partial charge in [-0.15, -0.1) is 0 Å². The number of carbonyl (C=O) groups is 1. The highest BCUT2D eigenvalue weighted by Gasteiger charge is 2.34. The van der Waals surface area contributed by atoms with Gasteiger partial charge in [-0.3, -0.25) is 0 Å². The zero-order chi connectivity index (χ0) is 13.2. The number of aromatic carboxylic acids is 1. The molecule has 100 valence electrons. The molecule has 0 unspecified atom stereocenters. The minimum atomic E-state index is -0.867. The molecule has 2 N–H and O–H groups in total. The maximum absolute atomic E-state index is 10.8. The van der Waals surface area contributed by atoms with Gasteiger partial charge in [-0.25, -0.2) is 4.79 Å². The summed E-state index contributed by atoms with van der Waals surface area (Å²) in [4.78, 5) is 10.8. The molecule has 3 atom stereocenters. The third kappa shape index (κ3) is 2.71. The second-order valence-corrected chi connectivity index (χ2v) is 5.67. The van der Waals surface area contributed by atoms with Gasteiger partial charge in [-0.05, 0) is 54.8 Å². The Kier molecular flexibility index (Phi) is 3.38. The van der Waals surface area contributed by atoms with Gasteiger partial charge >= 0.3 is 5.97 Å². The standard InChI is InChI=1S/C16H19NO2/c18-16(19)13-4-1-11(2-5-13)9-17-10-15-8-12-3-6-14(15)7-12/h1-6,12,14-15,17H,7-10H2,(H,18,19)/t12-,14+,15-/m0/s1. The minimum Gasteiger partial charge on any atom is -0.478 e. The van der Waals surface area contributed by atoms with E-state index in [-0.39, 0.29) is 0 Å². The average molecular weight is 257 g/mol. The first kappa shape index (κ1) is 12.4. The van der Waals surface area contributed by atoms with Crippen molar-refractivity contribution in [2.45, 2.75) is 19.4 Å². The van der Waals surface area contributed by atoms with Crippen LogP contribution in [0.15, 0.2) is 36.4 Å². The smallest absolute Gasteiger partial charge is 0.335 e. The van der Waals surface area contributed by atoms with Crippen LogP contribution < -0.4 is 5.32 Å². The van der Waals surface area contributed by atoms with Crippen molar-refractivity contribution in [2.24, 2.45) is 17.8 Å². The van der Waals surface area contributed by atoms with Crippen molar-refractivity contribution in [2.75, 3.05) is 6.54 Å². The van der Waals surface area contributed by atoms with E-state index in [0.717, 1.165) is 36.4 Å². The van der Waals surface area contributed by atoms with E-state index in [1.807, 2.05) is 12.1 Å². The highest BCUT2D eigenvalue weighted by molar-refractivity contribution is 5.87. The van der Waals surface area contributed by atoms with Crippen LogP contribution in [0.3, 0.4) is 0 Å². The summed E-state index contributed by atoms with van der Waals surface area (Å²) in [5, 5.41) is 12.3. The van der Waals surface area contributed by atoms with Gasteiger partial charge in [0, 0.05) is 6.54 Å². The molecule has 0 amide bonds. The summed E-state index contributed by atoms with van der Waals surface area (Å²) in [6.45, 7) is 1.88. The number of hydrogen-bond donors (Lipinski definition) is 2. The van der Waals surface area contributed by atoms with E-state index in [9.17, 15) is 4.79 Å². The predicted molar refractivity (Wildman–Crippen MR) is 74.0 cm³/mol. The number of carboxylic acids is 1. The first-order valence-electron chi connectivity index (χ1n) is 6.93. The Morgan fingerprint density at radius 3 is 2.58 bits per heavy atom. The molecule has 0 saturated heterocycles. The Labute approximate surface area is 113 Å². The molecule has 0 heterocycles. The van der Waals surface area contributed by atoms with Crippen molar-refractivity contribution in [3.8, 4) is 0 Å². The summed E-state index contributed by atoms with van der Waals surface area (Å²) in [7, 11) is 0. The van der Waals surface area contributed by atoms with Crippen molar-refractivity contribution >= 4 is 5.97 Å². The zero-order valence-corrected chi connectivity index (χ0v) is 10.9. The second kappa shape index (κ2) is 5.17. The van der Waals surface area contributed by atoms with Gasteiger partial charge in [0.1, 0.15) is 0 Å². The highest BCUT2D eigenvalue weighted by Crippen LogP contribution is 2.42. The zero-order valence-electron chi connectivity index (χ0n) is 10.9. The van der Waals surface area contributed by atoms with Crippen LogP contribution in [0.25, 0.3) is 0 Å². The lowest BCUT2D eigenvalue weighted by Gasteiger charge is -2.18. The highest BCUT2D eigenvalue weighted by atomic mass is 16.4. The molecule has 3 nitrogen and oxygen atoms in total. The summed E-state index contributed by atoms with van der Waals surface area (Å²) in [6, 6.07) is 7.10. The van der Waals surface area contributed by atoms with E-state index in [1.54, 1.807) is 12.1 Å². The maximum Gasteiger partial charge on any atom is 0.335 e. The van der Waals surface area contributed by atoms with Crippen LogP contribution in [0, 0.1) is 17.8 Å². The van der Waals surface area contributed by atoms with E-state index in [4.69, 9.17) is 5.11 Å². The topological polar surface area (TPSA) is 49.3 Å². The van der Waals surface area contributed by atoms with Crippen LogP contribution >= 0.6 is 0 Å². The molecule has 0 aliphatic heterocycles. The number of hydrogen-bond acceptors (Lipinski definition) is 2. The fraction of sp³-hybridized carbons (Fsp3) is 0.438. The van der Waals surface area contributed by atoms with Gasteiger partial charge in [-0.2, -0.15) is 0 Å². The van der Waals surface area contributed by atoms with Crippen LogP contribution in [-0.2, 0) is 6.54 Å². The van der Waals surface area contributed by atoms with Gasteiger partial charge in [0.15, 0.2) is 0 Å².